The average Bonchev–Trinajstić information content (AvgIpc) is 2.62. The second-order valence-corrected chi connectivity index (χ2v) is 5.95. The average molecular weight is 330 g/mol. The zero-order chi connectivity index (χ0) is 16.9. The van der Waals surface area contributed by atoms with E-state index < -0.39 is 17.9 Å². The Labute approximate surface area is 141 Å². The molecule has 0 radical (unpaired) electrons. The zero-order valence-corrected chi connectivity index (χ0v) is 13.8. The first kappa shape index (κ1) is 16.4. The van der Waals surface area contributed by atoms with Gasteiger partial charge in [-0.3, -0.25) is 19.9 Å². The highest BCUT2D eigenvalue weighted by atomic mass is 16.5. The van der Waals surface area contributed by atoms with Crippen LogP contribution in [0.1, 0.15) is 37.8 Å². The highest BCUT2D eigenvalue weighted by Gasteiger charge is 2.42. The van der Waals surface area contributed by atoms with E-state index >= 15 is 0 Å². The Bertz CT molecular complexity index is 626. The maximum Gasteiger partial charge on any atom is 0.321 e. The number of carbonyl (C=O) groups excluding carboxylic acids is 2. The van der Waals surface area contributed by atoms with Crippen molar-refractivity contribution in [2.24, 2.45) is 10.9 Å². The van der Waals surface area contributed by atoms with Gasteiger partial charge in [-0.2, -0.15) is 0 Å². The molecule has 7 nitrogen and oxygen atoms in total. The molecule has 0 aliphatic carbocycles. The number of likely N-dealkylation sites (tertiary alicyclic amines) is 1. The molecule has 0 saturated carbocycles. The van der Waals surface area contributed by atoms with Crippen molar-refractivity contribution in [2.75, 3.05) is 19.7 Å². The third kappa shape index (κ3) is 3.39. The van der Waals surface area contributed by atoms with Gasteiger partial charge in [-0.1, -0.05) is 6.07 Å². The lowest BCUT2D eigenvalue weighted by Crippen LogP contribution is -2.53. The highest BCUT2D eigenvalue weighted by molar-refractivity contribution is 6.08. The molecule has 3 rings (SSSR count). The molecule has 1 aromatic rings. The summed E-state index contributed by atoms with van der Waals surface area (Å²) >= 11 is 0. The fraction of sp³-hybridized carbons (Fsp3) is 0.529. The summed E-state index contributed by atoms with van der Waals surface area (Å²) in [6.45, 7) is 3.68. The van der Waals surface area contributed by atoms with Gasteiger partial charge in [0.2, 0.25) is 11.9 Å². The molecule has 1 N–H and O–H groups in total. The van der Waals surface area contributed by atoms with Crippen LogP contribution in [0.15, 0.2) is 29.5 Å². The number of rotatable bonds is 3. The Kier molecular flexibility index (Phi) is 5.08. The monoisotopic (exact) mass is 330 g/mol. The molecule has 1 amide bonds. The third-order valence-corrected chi connectivity index (χ3v) is 4.32. The molecule has 2 aliphatic heterocycles. The van der Waals surface area contributed by atoms with Crippen molar-refractivity contribution in [1.82, 2.24) is 15.2 Å². The van der Waals surface area contributed by atoms with E-state index in [0.29, 0.717) is 5.96 Å². The molecule has 7 heteroatoms. The molecule has 24 heavy (non-hydrogen) atoms. The van der Waals surface area contributed by atoms with Crippen molar-refractivity contribution >= 4 is 17.8 Å². The first-order valence-electron chi connectivity index (χ1n) is 8.41. The van der Waals surface area contributed by atoms with E-state index in [1.54, 1.807) is 25.4 Å². The lowest BCUT2D eigenvalue weighted by atomic mass is 9.92. The molecule has 0 aromatic carbocycles. The number of nitrogens with zero attached hydrogens (tertiary/aromatic N) is 3. The Morgan fingerprint density at radius 3 is 2.83 bits per heavy atom. The first-order chi connectivity index (χ1) is 11.7. The van der Waals surface area contributed by atoms with E-state index in [-0.39, 0.29) is 12.5 Å². The summed E-state index contributed by atoms with van der Waals surface area (Å²) in [5, 5.41) is 2.79. The van der Waals surface area contributed by atoms with Crippen LogP contribution in [0.2, 0.25) is 0 Å². The zero-order valence-electron chi connectivity index (χ0n) is 13.8. The molecule has 0 spiro atoms. The summed E-state index contributed by atoms with van der Waals surface area (Å²) in [5.74, 6) is -1.35. The molecular weight excluding hydrogens is 308 g/mol. The van der Waals surface area contributed by atoms with Crippen LogP contribution in [0.25, 0.3) is 0 Å². The van der Waals surface area contributed by atoms with Gasteiger partial charge in [-0.25, -0.2) is 4.99 Å². The van der Waals surface area contributed by atoms with Gasteiger partial charge in [0, 0.05) is 25.5 Å². The number of esters is 1. The predicted octanol–water partition coefficient (Wildman–Crippen LogP) is 1.27. The van der Waals surface area contributed by atoms with E-state index in [2.05, 4.69) is 20.2 Å². The second-order valence-electron chi connectivity index (χ2n) is 5.95. The van der Waals surface area contributed by atoms with Gasteiger partial charge < -0.3 is 9.64 Å². The van der Waals surface area contributed by atoms with Gasteiger partial charge >= 0.3 is 5.97 Å². The molecule has 1 fully saturated rings. The molecule has 1 aromatic heterocycles. The van der Waals surface area contributed by atoms with Crippen molar-refractivity contribution in [2.45, 2.75) is 32.2 Å². The third-order valence-electron chi connectivity index (χ3n) is 4.32. The Morgan fingerprint density at radius 1 is 1.38 bits per heavy atom. The van der Waals surface area contributed by atoms with Crippen LogP contribution in [0.4, 0.5) is 0 Å². The number of amides is 1. The molecule has 2 aliphatic rings. The van der Waals surface area contributed by atoms with E-state index in [1.165, 1.54) is 6.42 Å². The quantitative estimate of drug-likeness (QED) is 0.666. The minimum atomic E-state index is -0.984. The molecule has 2 atom stereocenters. The van der Waals surface area contributed by atoms with Gasteiger partial charge in [-0.05, 0) is 37.8 Å². The Hall–Kier alpha value is -2.44. The first-order valence-corrected chi connectivity index (χ1v) is 8.41. The SMILES string of the molecule is CCOC(=O)[C@H]1C(=O)NC(N2CCCCC2)=N[C@@H]1c1cccnc1. The summed E-state index contributed by atoms with van der Waals surface area (Å²) < 4.78 is 5.08. The van der Waals surface area contributed by atoms with Crippen LogP contribution >= 0.6 is 0 Å². The van der Waals surface area contributed by atoms with Crippen molar-refractivity contribution in [3.8, 4) is 0 Å². The molecular formula is C17H22N4O3. The van der Waals surface area contributed by atoms with Crippen molar-refractivity contribution < 1.29 is 14.3 Å². The largest absolute Gasteiger partial charge is 0.465 e. The summed E-state index contributed by atoms with van der Waals surface area (Å²) in [6.07, 6.45) is 6.64. The number of hydrogen-bond acceptors (Lipinski definition) is 6. The van der Waals surface area contributed by atoms with Crippen LogP contribution in [0.5, 0.6) is 0 Å². The van der Waals surface area contributed by atoms with Crippen LogP contribution < -0.4 is 5.32 Å². The number of nitrogens with one attached hydrogen (secondary N) is 1. The number of piperidine rings is 1. The fourth-order valence-electron chi connectivity index (χ4n) is 3.12. The smallest absolute Gasteiger partial charge is 0.321 e. The molecule has 0 bridgehead atoms. The maximum absolute atomic E-state index is 12.6. The summed E-state index contributed by atoms with van der Waals surface area (Å²) in [4.78, 5) is 35.7. The normalized spacial score (nSPS) is 24.1. The van der Waals surface area contributed by atoms with Crippen LogP contribution in [0.3, 0.4) is 0 Å². The molecule has 128 valence electrons. The summed E-state index contributed by atoms with van der Waals surface area (Å²) in [7, 11) is 0. The second kappa shape index (κ2) is 7.42. The molecule has 0 unspecified atom stereocenters. The Balaban J connectivity index is 1.94. The van der Waals surface area contributed by atoms with E-state index in [0.717, 1.165) is 31.5 Å². The predicted molar refractivity (Wildman–Crippen MR) is 88.1 cm³/mol. The fourth-order valence-corrected chi connectivity index (χ4v) is 3.12. The number of pyridine rings is 1. The lowest BCUT2D eigenvalue weighted by molar-refractivity contribution is -0.153. The van der Waals surface area contributed by atoms with Crippen molar-refractivity contribution in [3.05, 3.63) is 30.1 Å². The number of aromatic nitrogens is 1. The number of carbonyl (C=O) groups is 2. The Morgan fingerprint density at radius 2 is 2.17 bits per heavy atom. The van der Waals surface area contributed by atoms with Gasteiger partial charge in [0.1, 0.15) is 6.04 Å². The summed E-state index contributed by atoms with van der Waals surface area (Å²) in [5.41, 5.74) is 0.736. The highest BCUT2D eigenvalue weighted by Crippen LogP contribution is 2.30. The minimum Gasteiger partial charge on any atom is -0.465 e. The number of guanidine groups is 1. The standard InChI is InChI=1S/C17H22N4O3/c1-2-24-16(23)13-14(12-7-6-8-18-11-12)19-17(20-15(13)22)21-9-4-3-5-10-21/h6-8,11,13-14H,2-5,9-10H2,1H3,(H,19,20,22)/t13-,14-/m1/s1. The number of aliphatic imine (C=N–C) groups is 1. The van der Waals surface area contributed by atoms with Crippen LogP contribution in [-0.4, -0.2) is 47.4 Å². The van der Waals surface area contributed by atoms with E-state index in [1.807, 2.05) is 6.07 Å². The number of hydrogen-bond donors (Lipinski definition) is 1. The van der Waals surface area contributed by atoms with Gasteiger partial charge in [-0.15, -0.1) is 0 Å². The topological polar surface area (TPSA) is 83.9 Å². The van der Waals surface area contributed by atoms with E-state index in [9.17, 15) is 9.59 Å². The van der Waals surface area contributed by atoms with Crippen LogP contribution in [-0.2, 0) is 14.3 Å². The molecule has 1 saturated heterocycles. The minimum absolute atomic E-state index is 0.227. The van der Waals surface area contributed by atoms with Crippen molar-refractivity contribution in [3.63, 3.8) is 0 Å². The summed E-state index contributed by atoms with van der Waals surface area (Å²) in [6, 6.07) is 3.00. The van der Waals surface area contributed by atoms with Gasteiger partial charge in [0.05, 0.1) is 6.61 Å². The maximum atomic E-state index is 12.6. The van der Waals surface area contributed by atoms with E-state index in [4.69, 9.17) is 4.74 Å². The number of ether oxygens (including phenoxy) is 1. The van der Waals surface area contributed by atoms with Crippen LogP contribution in [0, 0.1) is 5.92 Å². The van der Waals surface area contributed by atoms with Crippen molar-refractivity contribution in [1.29, 1.82) is 0 Å². The molecule has 3 heterocycles. The van der Waals surface area contributed by atoms with Gasteiger partial charge in [0.15, 0.2) is 5.92 Å². The lowest BCUT2D eigenvalue weighted by Gasteiger charge is -2.35. The van der Waals surface area contributed by atoms with Gasteiger partial charge in [0.25, 0.3) is 0 Å².